The van der Waals surface area contributed by atoms with E-state index in [1.165, 1.54) is 0 Å². The summed E-state index contributed by atoms with van der Waals surface area (Å²) in [5.74, 6) is -0.304. The molecule has 1 aromatic rings. The molecule has 0 radical (unpaired) electrons. The molecule has 1 rings (SSSR count). The Morgan fingerprint density at radius 2 is 2.10 bits per heavy atom. The molecule has 1 aromatic carbocycles. The summed E-state index contributed by atoms with van der Waals surface area (Å²) < 4.78 is 25.7. The second kappa shape index (κ2) is 7.79. The van der Waals surface area contributed by atoms with Crippen LogP contribution in [0.2, 0.25) is 0 Å². The lowest BCUT2D eigenvalue weighted by Gasteiger charge is -2.23. The van der Waals surface area contributed by atoms with Gasteiger partial charge in [-0.1, -0.05) is 35.3 Å². The maximum atomic E-state index is 12.0. The van der Waals surface area contributed by atoms with Gasteiger partial charge in [0.15, 0.2) is 0 Å². The Labute approximate surface area is 134 Å². The van der Waals surface area contributed by atoms with Gasteiger partial charge in [0.25, 0.3) is 0 Å². The zero-order valence-electron chi connectivity index (χ0n) is 12.5. The van der Waals surface area contributed by atoms with E-state index < -0.39 is 10.0 Å². The number of nitrogens with one attached hydrogen (secondary N) is 1. The van der Waals surface area contributed by atoms with Crippen LogP contribution in [0.3, 0.4) is 0 Å². The highest BCUT2D eigenvalue weighted by atomic mass is 79.9. The van der Waals surface area contributed by atoms with Crippen LogP contribution >= 0.6 is 15.9 Å². The number of carbonyl (C=O) groups excluding carboxylic acids is 1. The van der Waals surface area contributed by atoms with Crippen molar-refractivity contribution in [1.82, 2.24) is 5.32 Å². The lowest BCUT2D eigenvalue weighted by atomic mass is 10.2. The summed E-state index contributed by atoms with van der Waals surface area (Å²) in [5.41, 5.74) is 0.463. The number of carbonyl (C=O) groups is 1. The topological polar surface area (TPSA) is 66.5 Å². The number of anilines is 1. The lowest BCUT2D eigenvalue weighted by molar-refractivity contribution is -0.120. The van der Waals surface area contributed by atoms with Crippen molar-refractivity contribution in [2.45, 2.75) is 32.7 Å². The number of halogens is 1. The normalized spacial score (nSPS) is 12.8. The van der Waals surface area contributed by atoms with Crippen molar-refractivity contribution in [2.24, 2.45) is 0 Å². The average Bonchev–Trinajstić information content (AvgIpc) is 2.34. The third-order valence-electron chi connectivity index (χ3n) is 2.91. The first-order valence-corrected chi connectivity index (χ1v) is 9.40. The molecule has 5 nitrogen and oxygen atoms in total. The molecule has 0 unspecified atom stereocenters. The zero-order valence-corrected chi connectivity index (χ0v) is 14.9. The van der Waals surface area contributed by atoms with E-state index in [0.29, 0.717) is 5.69 Å². The van der Waals surface area contributed by atoms with Gasteiger partial charge in [0.2, 0.25) is 15.9 Å². The third kappa shape index (κ3) is 6.05. The molecule has 7 heteroatoms. The van der Waals surface area contributed by atoms with Crippen LogP contribution in [0, 0.1) is 0 Å². The highest BCUT2D eigenvalue weighted by molar-refractivity contribution is 9.10. The van der Waals surface area contributed by atoms with Gasteiger partial charge in [-0.25, -0.2) is 8.42 Å². The van der Waals surface area contributed by atoms with Gasteiger partial charge in [-0.15, -0.1) is 0 Å². The largest absolute Gasteiger partial charge is 0.352 e. The predicted molar refractivity (Wildman–Crippen MR) is 88.8 cm³/mol. The molecule has 0 saturated carbocycles. The summed E-state index contributed by atoms with van der Waals surface area (Å²) >= 11 is 3.30. The molecule has 1 amide bonds. The van der Waals surface area contributed by atoms with Crippen LogP contribution in [0.4, 0.5) is 5.69 Å². The second-order valence-corrected chi connectivity index (χ2v) is 7.83. The minimum absolute atomic E-state index is 0.0337. The second-order valence-electron chi connectivity index (χ2n) is 5.01. The van der Waals surface area contributed by atoms with Gasteiger partial charge in [0.1, 0.15) is 6.54 Å². The van der Waals surface area contributed by atoms with Crippen molar-refractivity contribution < 1.29 is 13.2 Å². The summed E-state index contributed by atoms with van der Waals surface area (Å²) in [5, 5.41) is 2.81. The number of nitrogens with zero attached hydrogens (tertiary/aromatic N) is 1. The van der Waals surface area contributed by atoms with Crippen molar-refractivity contribution in [3.05, 3.63) is 28.7 Å². The van der Waals surface area contributed by atoms with Crippen molar-refractivity contribution in [2.75, 3.05) is 17.1 Å². The molecule has 21 heavy (non-hydrogen) atoms. The van der Waals surface area contributed by atoms with Crippen LogP contribution in [0.5, 0.6) is 0 Å². The van der Waals surface area contributed by atoms with Crippen LogP contribution in [0.25, 0.3) is 0 Å². The van der Waals surface area contributed by atoms with Gasteiger partial charge in [0, 0.05) is 10.5 Å². The Hall–Kier alpha value is -1.08. The van der Waals surface area contributed by atoms with E-state index in [9.17, 15) is 13.2 Å². The number of hydrogen-bond acceptors (Lipinski definition) is 3. The van der Waals surface area contributed by atoms with E-state index >= 15 is 0 Å². The molecular formula is C14H21BrN2O3S. The summed E-state index contributed by atoms with van der Waals surface area (Å²) in [6.45, 7) is 3.72. The molecule has 118 valence electrons. The zero-order chi connectivity index (χ0) is 16.0. The number of amides is 1. The third-order valence-corrected chi connectivity index (χ3v) is 4.55. The fourth-order valence-electron chi connectivity index (χ4n) is 1.99. The molecule has 1 atom stereocenters. The van der Waals surface area contributed by atoms with E-state index in [0.717, 1.165) is 27.9 Å². The van der Waals surface area contributed by atoms with E-state index in [-0.39, 0.29) is 18.5 Å². The Bertz CT molecular complexity index is 590. The Balaban J connectivity index is 2.89. The van der Waals surface area contributed by atoms with Crippen LogP contribution in [-0.2, 0) is 14.8 Å². The quantitative estimate of drug-likeness (QED) is 0.794. The summed E-state index contributed by atoms with van der Waals surface area (Å²) in [6, 6.07) is 6.90. The first-order chi connectivity index (χ1) is 9.74. The van der Waals surface area contributed by atoms with Gasteiger partial charge in [-0.3, -0.25) is 9.10 Å². The van der Waals surface area contributed by atoms with Crippen LogP contribution in [-0.4, -0.2) is 33.2 Å². The molecule has 0 aromatic heterocycles. The van der Waals surface area contributed by atoms with E-state index in [1.807, 2.05) is 13.8 Å². The minimum Gasteiger partial charge on any atom is -0.352 e. The first kappa shape index (κ1) is 18.0. The van der Waals surface area contributed by atoms with Crippen LogP contribution in [0.15, 0.2) is 28.7 Å². The fourth-order valence-corrected chi connectivity index (χ4v) is 3.22. The van der Waals surface area contributed by atoms with Gasteiger partial charge < -0.3 is 5.32 Å². The molecule has 1 N–H and O–H groups in total. The molecule has 0 aliphatic carbocycles. The Morgan fingerprint density at radius 1 is 1.43 bits per heavy atom. The maximum absolute atomic E-state index is 12.0. The van der Waals surface area contributed by atoms with Gasteiger partial charge in [0.05, 0.1) is 11.9 Å². The monoisotopic (exact) mass is 376 g/mol. The number of rotatable bonds is 7. The Morgan fingerprint density at radius 3 is 2.62 bits per heavy atom. The van der Waals surface area contributed by atoms with Crippen molar-refractivity contribution in [1.29, 1.82) is 0 Å². The maximum Gasteiger partial charge on any atom is 0.240 e. The minimum atomic E-state index is -3.53. The number of hydrogen-bond donors (Lipinski definition) is 1. The molecule has 0 bridgehead atoms. The SMILES string of the molecule is CCC[C@H](C)NC(=O)CN(c1cccc(Br)c1)S(C)(=O)=O. The van der Waals surface area contributed by atoms with Crippen molar-refractivity contribution in [3.63, 3.8) is 0 Å². The summed E-state index contributed by atoms with van der Waals surface area (Å²) in [6.07, 6.45) is 2.92. The molecule has 0 fully saturated rings. The average molecular weight is 377 g/mol. The molecular weight excluding hydrogens is 356 g/mol. The molecule has 0 aliphatic heterocycles. The number of benzene rings is 1. The van der Waals surface area contributed by atoms with Gasteiger partial charge in [-0.05, 0) is 31.5 Å². The lowest BCUT2D eigenvalue weighted by Crippen LogP contribution is -2.43. The van der Waals surface area contributed by atoms with Crippen molar-refractivity contribution >= 4 is 37.5 Å². The number of sulfonamides is 1. The van der Waals surface area contributed by atoms with Gasteiger partial charge in [-0.2, -0.15) is 0 Å². The van der Waals surface area contributed by atoms with E-state index in [4.69, 9.17) is 0 Å². The summed E-state index contributed by atoms with van der Waals surface area (Å²) in [4.78, 5) is 12.0. The fraction of sp³-hybridized carbons (Fsp3) is 0.500. The van der Waals surface area contributed by atoms with Crippen LogP contribution in [0.1, 0.15) is 26.7 Å². The standard InChI is InChI=1S/C14H21BrN2O3S/c1-4-6-11(2)16-14(18)10-17(21(3,19)20)13-8-5-7-12(15)9-13/h5,7-9,11H,4,6,10H2,1-3H3,(H,16,18)/t11-/m0/s1. The van der Waals surface area contributed by atoms with Crippen LogP contribution < -0.4 is 9.62 Å². The molecule has 0 heterocycles. The van der Waals surface area contributed by atoms with E-state index in [1.54, 1.807) is 24.3 Å². The highest BCUT2D eigenvalue weighted by Crippen LogP contribution is 2.21. The summed E-state index contributed by atoms with van der Waals surface area (Å²) in [7, 11) is -3.53. The highest BCUT2D eigenvalue weighted by Gasteiger charge is 2.21. The molecule has 0 saturated heterocycles. The van der Waals surface area contributed by atoms with Gasteiger partial charge >= 0.3 is 0 Å². The van der Waals surface area contributed by atoms with E-state index in [2.05, 4.69) is 21.2 Å². The smallest absolute Gasteiger partial charge is 0.240 e. The Kier molecular flexibility index (Phi) is 6.67. The predicted octanol–water partition coefficient (Wildman–Crippen LogP) is 2.52. The molecule has 0 spiro atoms. The molecule has 0 aliphatic rings. The first-order valence-electron chi connectivity index (χ1n) is 6.76. The van der Waals surface area contributed by atoms with Crippen molar-refractivity contribution in [3.8, 4) is 0 Å².